The lowest BCUT2D eigenvalue weighted by Gasteiger charge is -2.42. The van der Waals surface area contributed by atoms with Crippen molar-refractivity contribution >= 4 is 12.4 Å². The molecule has 2 nitrogen and oxygen atoms in total. The molecule has 0 amide bonds. The fraction of sp³-hybridized carbons (Fsp3) is 0.400. The molecule has 0 aliphatic heterocycles. The van der Waals surface area contributed by atoms with Gasteiger partial charge in [-0.25, -0.2) is 0 Å². The van der Waals surface area contributed by atoms with Crippen LogP contribution in [0.25, 0.3) is 0 Å². The molecular formula is C20H26ClNO. The molecule has 2 aromatic rings. The van der Waals surface area contributed by atoms with Gasteiger partial charge in [-0.3, -0.25) is 0 Å². The topological polar surface area (TPSA) is 23.5 Å². The molecule has 0 fully saturated rings. The largest absolute Gasteiger partial charge is 0.384 e. The van der Waals surface area contributed by atoms with Crippen LogP contribution in [0, 0.1) is 5.41 Å². The van der Waals surface area contributed by atoms with Gasteiger partial charge in [0.05, 0.1) is 0 Å². The molecule has 0 heterocycles. The second kappa shape index (κ2) is 6.64. The van der Waals surface area contributed by atoms with Gasteiger partial charge in [0.25, 0.3) is 0 Å². The normalized spacial score (nSPS) is 26.0. The molecule has 0 radical (unpaired) electrons. The third-order valence-corrected chi connectivity index (χ3v) is 5.01. The first-order valence-electron chi connectivity index (χ1n) is 7.94. The van der Waals surface area contributed by atoms with Gasteiger partial charge >= 0.3 is 0 Å². The number of rotatable bonds is 4. The fourth-order valence-corrected chi connectivity index (χ4v) is 4.05. The zero-order valence-electron chi connectivity index (χ0n) is 14.1. The van der Waals surface area contributed by atoms with Crippen LogP contribution < -0.4 is 0 Å². The molecule has 23 heavy (non-hydrogen) atoms. The summed E-state index contributed by atoms with van der Waals surface area (Å²) in [6.07, 6.45) is 1.58. The van der Waals surface area contributed by atoms with Crippen LogP contribution in [0.5, 0.6) is 0 Å². The quantitative estimate of drug-likeness (QED) is 0.924. The van der Waals surface area contributed by atoms with Gasteiger partial charge in [0.15, 0.2) is 0 Å². The molecule has 2 atom stereocenters. The minimum atomic E-state index is -0.824. The molecule has 0 saturated carbocycles. The Labute approximate surface area is 145 Å². The van der Waals surface area contributed by atoms with Crippen molar-refractivity contribution in [3.8, 4) is 0 Å². The van der Waals surface area contributed by atoms with E-state index in [0.29, 0.717) is 6.42 Å². The smallest absolute Gasteiger partial charge is 0.101 e. The molecule has 3 rings (SSSR count). The lowest BCUT2D eigenvalue weighted by Crippen LogP contribution is -2.48. The SMILES string of the molecule is CN(C)CC1(C)Cc2ccccc2C1(O)Cc1ccccc1.Cl. The van der Waals surface area contributed by atoms with Crippen LogP contribution in [-0.4, -0.2) is 30.6 Å². The molecule has 1 aliphatic carbocycles. The summed E-state index contributed by atoms with van der Waals surface area (Å²) in [5.41, 5.74) is 2.56. The van der Waals surface area contributed by atoms with E-state index < -0.39 is 5.60 Å². The summed E-state index contributed by atoms with van der Waals surface area (Å²) in [6.45, 7) is 3.08. The Morgan fingerprint density at radius 1 is 1.00 bits per heavy atom. The van der Waals surface area contributed by atoms with Gasteiger partial charge in [-0.05, 0) is 37.2 Å². The van der Waals surface area contributed by atoms with Gasteiger partial charge < -0.3 is 10.0 Å². The minimum absolute atomic E-state index is 0. The highest BCUT2D eigenvalue weighted by Crippen LogP contribution is 2.52. The average Bonchev–Trinajstić information content (AvgIpc) is 2.67. The molecule has 0 saturated heterocycles. The Bertz CT molecular complexity index is 658. The summed E-state index contributed by atoms with van der Waals surface area (Å²) in [7, 11) is 4.16. The Morgan fingerprint density at radius 2 is 1.61 bits per heavy atom. The average molecular weight is 332 g/mol. The zero-order chi connectivity index (χ0) is 15.8. The predicted octanol–water partition coefficient (Wildman–Crippen LogP) is 3.66. The van der Waals surface area contributed by atoms with Crippen molar-refractivity contribution in [3.63, 3.8) is 0 Å². The highest BCUT2D eigenvalue weighted by Gasteiger charge is 2.53. The Kier molecular flexibility index (Phi) is 5.20. The molecule has 2 aromatic carbocycles. The maximum atomic E-state index is 11.7. The van der Waals surface area contributed by atoms with Gasteiger partial charge in [0.2, 0.25) is 0 Å². The first-order valence-corrected chi connectivity index (χ1v) is 7.94. The monoisotopic (exact) mass is 331 g/mol. The second-order valence-electron chi connectivity index (χ2n) is 7.16. The van der Waals surface area contributed by atoms with E-state index in [4.69, 9.17) is 0 Å². The van der Waals surface area contributed by atoms with Gasteiger partial charge in [-0.1, -0.05) is 61.5 Å². The molecule has 1 N–H and O–H groups in total. The molecule has 3 heteroatoms. The van der Waals surface area contributed by atoms with Gasteiger partial charge in [0.1, 0.15) is 5.60 Å². The van der Waals surface area contributed by atoms with Crippen LogP contribution in [-0.2, 0) is 18.4 Å². The Hall–Kier alpha value is -1.35. The minimum Gasteiger partial charge on any atom is -0.384 e. The maximum Gasteiger partial charge on any atom is 0.101 e. The molecule has 124 valence electrons. The number of benzene rings is 2. The highest BCUT2D eigenvalue weighted by molar-refractivity contribution is 5.85. The summed E-state index contributed by atoms with van der Waals surface area (Å²) in [4.78, 5) is 2.18. The van der Waals surface area contributed by atoms with Crippen LogP contribution in [0.2, 0.25) is 0 Å². The van der Waals surface area contributed by atoms with Crippen molar-refractivity contribution < 1.29 is 5.11 Å². The van der Waals surface area contributed by atoms with Crippen LogP contribution in [0.3, 0.4) is 0 Å². The van der Waals surface area contributed by atoms with Gasteiger partial charge in [0, 0.05) is 18.4 Å². The van der Waals surface area contributed by atoms with Crippen molar-refractivity contribution in [2.24, 2.45) is 5.41 Å². The summed E-state index contributed by atoms with van der Waals surface area (Å²) in [5.74, 6) is 0. The predicted molar refractivity (Wildman–Crippen MR) is 98.1 cm³/mol. The van der Waals surface area contributed by atoms with Crippen molar-refractivity contribution in [2.45, 2.75) is 25.4 Å². The van der Waals surface area contributed by atoms with Gasteiger partial charge in [-0.15, -0.1) is 12.4 Å². The molecule has 0 aromatic heterocycles. The molecule has 0 spiro atoms. The zero-order valence-corrected chi connectivity index (χ0v) is 14.9. The highest BCUT2D eigenvalue weighted by atomic mass is 35.5. The standard InChI is InChI=1S/C20H25NO.ClH/c1-19(15-21(2)3)14-17-11-7-8-12-18(17)20(19,22)13-16-9-5-4-6-10-16;/h4-12,22H,13-15H2,1-3H3;1H. The van der Waals surface area contributed by atoms with E-state index in [9.17, 15) is 5.11 Å². The maximum absolute atomic E-state index is 11.7. The van der Waals surface area contributed by atoms with E-state index in [-0.39, 0.29) is 17.8 Å². The van der Waals surface area contributed by atoms with Crippen LogP contribution >= 0.6 is 12.4 Å². The molecule has 2 unspecified atom stereocenters. The summed E-state index contributed by atoms with van der Waals surface area (Å²) >= 11 is 0. The lowest BCUT2D eigenvalue weighted by atomic mass is 9.70. The van der Waals surface area contributed by atoms with Crippen LogP contribution in [0.15, 0.2) is 54.6 Å². The summed E-state index contributed by atoms with van der Waals surface area (Å²) in [5, 5.41) is 11.7. The number of hydrogen-bond acceptors (Lipinski definition) is 2. The summed E-state index contributed by atoms with van der Waals surface area (Å²) in [6, 6.07) is 18.7. The second-order valence-corrected chi connectivity index (χ2v) is 7.16. The molecular weight excluding hydrogens is 306 g/mol. The van der Waals surface area contributed by atoms with Crippen molar-refractivity contribution in [1.82, 2.24) is 4.90 Å². The van der Waals surface area contributed by atoms with E-state index in [1.165, 1.54) is 11.1 Å². The fourth-order valence-electron chi connectivity index (χ4n) is 4.05. The van der Waals surface area contributed by atoms with E-state index in [1.54, 1.807) is 0 Å². The van der Waals surface area contributed by atoms with Crippen molar-refractivity contribution in [2.75, 3.05) is 20.6 Å². The van der Waals surface area contributed by atoms with Crippen molar-refractivity contribution in [1.29, 1.82) is 0 Å². The third-order valence-electron chi connectivity index (χ3n) is 5.01. The number of hydrogen-bond donors (Lipinski definition) is 1. The number of fused-ring (bicyclic) bond motifs is 1. The number of halogens is 1. The Balaban J connectivity index is 0.00000192. The first kappa shape index (κ1) is 18.0. The van der Waals surface area contributed by atoms with E-state index in [2.05, 4.69) is 56.3 Å². The van der Waals surface area contributed by atoms with E-state index in [0.717, 1.165) is 18.5 Å². The van der Waals surface area contributed by atoms with E-state index >= 15 is 0 Å². The van der Waals surface area contributed by atoms with Gasteiger partial charge in [-0.2, -0.15) is 0 Å². The van der Waals surface area contributed by atoms with Crippen molar-refractivity contribution in [3.05, 3.63) is 71.3 Å². The molecule has 0 bridgehead atoms. The molecule has 1 aliphatic rings. The Morgan fingerprint density at radius 3 is 2.26 bits per heavy atom. The van der Waals surface area contributed by atoms with Crippen LogP contribution in [0.1, 0.15) is 23.6 Å². The van der Waals surface area contributed by atoms with E-state index in [1.807, 2.05) is 24.3 Å². The van der Waals surface area contributed by atoms with Crippen LogP contribution in [0.4, 0.5) is 0 Å². The third kappa shape index (κ3) is 3.16. The first-order chi connectivity index (χ1) is 10.4. The lowest BCUT2D eigenvalue weighted by molar-refractivity contribution is -0.0787. The number of aliphatic hydroxyl groups is 1. The summed E-state index contributed by atoms with van der Waals surface area (Å²) < 4.78 is 0. The number of nitrogens with zero attached hydrogens (tertiary/aromatic N) is 1.